The number of carbonyl (C=O) groups excluding carboxylic acids is 2. The summed E-state index contributed by atoms with van der Waals surface area (Å²) in [6.45, 7) is 1.36. The number of imide groups is 1. The molecule has 0 bridgehead atoms. The van der Waals surface area contributed by atoms with Crippen LogP contribution < -0.4 is 4.90 Å². The number of anilines is 1. The van der Waals surface area contributed by atoms with Crippen molar-refractivity contribution in [3.05, 3.63) is 109 Å². The van der Waals surface area contributed by atoms with Gasteiger partial charge in [-0.3, -0.25) is 9.59 Å². The van der Waals surface area contributed by atoms with E-state index in [0.717, 1.165) is 18.5 Å². The average Bonchev–Trinajstić information content (AvgIpc) is 3.75. The normalized spacial score (nSPS) is 13.9. The van der Waals surface area contributed by atoms with Gasteiger partial charge in [0.25, 0.3) is 11.8 Å². The van der Waals surface area contributed by atoms with Crippen LogP contribution in [-0.4, -0.2) is 40.7 Å². The van der Waals surface area contributed by atoms with Crippen LogP contribution in [0.2, 0.25) is 0 Å². The van der Waals surface area contributed by atoms with E-state index in [0.29, 0.717) is 39.9 Å². The first-order valence-corrected chi connectivity index (χ1v) is 13.2. The van der Waals surface area contributed by atoms with E-state index in [1.807, 2.05) is 33.7 Å². The van der Waals surface area contributed by atoms with E-state index >= 15 is 0 Å². The van der Waals surface area contributed by atoms with Crippen LogP contribution in [-0.2, 0) is 29.7 Å². The van der Waals surface area contributed by atoms with Crippen LogP contribution in [0, 0.1) is 5.82 Å². The second kappa shape index (κ2) is 9.67. The molecule has 4 aromatic heterocycles. The molecule has 0 spiro atoms. The summed E-state index contributed by atoms with van der Waals surface area (Å²) in [7, 11) is 1.75. The minimum Gasteiger partial charge on any atom is -0.347 e. The maximum Gasteiger partial charge on any atom is 0.268 e. The number of hydrogen-bond acceptors (Lipinski definition) is 5. The number of aryl methyl sites for hydroxylation is 3. The molecule has 2 amide bonds. The summed E-state index contributed by atoms with van der Waals surface area (Å²) in [4.78, 5) is 38.1. The van der Waals surface area contributed by atoms with Crippen LogP contribution in [0.4, 0.5) is 10.1 Å². The molecule has 5 heterocycles. The van der Waals surface area contributed by atoms with Gasteiger partial charge in [-0.2, -0.15) is 5.10 Å². The van der Waals surface area contributed by atoms with Gasteiger partial charge in [0.15, 0.2) is 5.65 Å². The molecule has 1 aliphatic rings. The molecule has 0 unspecified atom stereocenters. The average molecular weight is 546 g/mol. The van der Waals surface area contributed by atoms with Crippen molar-refractivity contribution >= 4 is 50.6 Å². The molecule has 0 aliphatic carbocycles. The van der Waals surface area contributed by atoms with Gasteiger partial charge in [0.2, 0.25) is 0 Å². The molecule has 0 atom stereocenters. The Morgan fingerprint density at radius 3 is 2.51 bits per heavy atom. The molecule has 0 saturated carbocycles. The first-order valence-electron chi connectivity index (χ1n) is 13.2. The molecule has 9 nitrogen and oxygen atoms in total. The van der Waals surface area contributed by atoms with Crippen molar-refractivity contribution in [2.75, 3.05) is 4.90 Å². The predicted molar refractivity (Wildman–Crippen MR) is 153 cm³/mol. The highest BCUT2D eigenvalue weighted by Gasteiger charge is 2.43. The topological polar surface area (TPSA) is 90.8 Å². The van der Waals surface area contributed by atoms with E-state index in [9.17, 15) is 14.0 Å². The number of halogens is 1. The molecule has 6 aromatic rings. The fraction of sp³-hybridized carbons (Fsp3) is 0.129. The molecule has 0 radical (unpaired) electrons. The van der Waals surface area contributed by atoms with E-state index < -0.39 is 17.6 Å². The second-order valence-corrected chi connectivity index (χ2v) is 9.93. The van der Waals surface area contributed by atoms with E-state index in [2.05, 4.69) is 15.1 Å². The Morgan fingerprint density at radius 2 is 1.71 bits per heavy atom. The molecule has 0 N–H and O–H groups in total. The van der Waals surface area contributed by atoms with Crippen molar-refractivity contribution in [3.63, 3.8) is 0 Å². The number of pyridine rings is 1. The molecule has 0 saturated heterocycles. The minimum absolute atomic E-state index is 0.166. The summed E-state index contributed by atoms with van der Waals surface area (Å²) in [5.41, 5.74) is 3.00. The van der Waals surface area contributed by atoms with Crippen LogP contribution >= 0.6 is 0 Å². The number of benzene rings is 2. The van der Waals surface area contributed by atoms with Crippen molar-refractivity contribution in [1.82, 2.24) is 28.9 Å². The molecular weight excluding hydrogens is 521 g/mol. The van der Waals surface area contributed by atoms with Gasteiger partial charge in [0.05, 0.1) is 23.2 Å². The number of amides is 2. The zero-order chi connectivity index (χ0) is 28.1. The zero-order valence-corrected chi connectivity index (χ0v) is 22.1. The standard InChI is InChI=1S/C31H24FN7O2/c1-36-29-22(9-5-12-34-29)28(35-36)27-26(30(40)39(31(27)41)21-7-3-2-4-8-21)24-18-38(15-6-14-37-16-13-33-19-37)25-11-10-20(32)17-23(24)25/h2-5,7-13,16-19H,6,14-15H2,1H3. The maximum atomic E-state index is 14.7. The fourth-order valence-corrected chi connectivity index (χ4v) is 5.58. The lowest BCUT2D eigenvalue weighted by atomic mass is 9.98. The lowest BCUT2D eigenvalue weighted by Crippen LogP contribution is -2.31. The lowest BCUT2D eigenvalue weighted by molar-refractivity contribution is -0.119. The third-order valence-corrected chi connectivity index (χ3v) is 7.42. The van der Waals surface area contributed by atoms with Gasteiger partial charge in [-0.1, -0.05) is 18.2 Å². The summed E-state index contributed by atoms with van der Waals surface area (Å²) in [5.74, 6) is -1.40. The highest BCUT2D eigenvalue weighted by Crippen LogP contribution is 2.42. The summed E-state index contributed by atoms with van der Waals surface area (Å²) in [5, 5.41) is 5.85. The van der Waals surface area contributed by atoms with Crippen molar-refractivity contribution in [2.24, 2.45) is 7.05 Å². The molecule has 202 valence electrons. The fourth-order valence-electron chi connectivity index (χ4n) is 5.58. The highest BCUT2D eigenvalue weighted by atomic mass is 19.1. The first-order chi connectivity index (χ1) is 20.0. The Labute approximate surface area is 233 Å². The van der Waals surface area contributed by atoms with Gasteiger partial charge in [-0.25, -0.2) is 23.9 Å². The van der Waals surface area contributed by atoms with Gasteiger partial charge in [0.1, 0.15) is 11.5 Å². The van der Waals surface area contributed by atoms with Crippen LogP contribution in [0.5, 0.6) is 0 Å². The second-order valence-electron chi connectivity index (χ2n) is 9.93. The summed E-state index contributed by atoms with van der Waals surface area (Å²) < 4.78 is 20.3. The van der Waals surface area contributed by atoms with Gasteiger partial charge in [0, 0.05) is 66.8 Å². The maximum absolute atomic E-state index is 14.7. The van der Waals surface area contributed by atoms with Gasteiger partial charge in [-0.15, -0.1) is 0 Å². The molecular formula is C31H24FN7O2. The number of imidazole rings is 1. The predicted octanol–water partition coefficient (Wildman–Crippen LogP) is 4.83. The number of rotatable bonds is 7. The number of nitrogens with zero attached hydrogens (tertiary/aromatic N) is 7. The molecule has 2 aromatic carbocycles. The number of para-hydroxylation sites is 1. The summed E-state index contributed by atoms with van der Waals surface area (Å²) >= 11 is 0. The number of carbonyl (C=O) groups is 2. The van der Waals surface area contributed by atoms with Crippen LogP contribution in [0.15, 0.2) is 91.8 Å². The van der Waals surface area contributed by atoms with Crippen molar-refractivity contribution in [1.29, 1.82) is 0 Å². The Morgan fingerprint density at radius 1 is 0.878 bits per heavy atom. The van der Waals surface area contributed by atoms with Gasteiger partial charge >= 0.3 is 0 Å². The SMILES string of the molecule is Cn1nc(C2=C(c3cn(CCCn4ccnc4)c4ccc(F)cc34)C(=O)N(c3ccccc3)C2=O)c2cccnc21. The summed E-state index contributed by atoms with van der Waals surface area (Å²) in [6.07, 6.45) is 9.68. The number of hydrogen-bond donors (Lipinski definition) is 0. The Bertz CT molecular complexity index is 1990. The Kier molecular flexibility index (Phi) is 5.81. The van der Waals surface area contributed by atoms with E-state index in [4.69, 9.17) is 0 Å². The molecule has 41 heavy (non-hydrogen) atoms. The number of fused-ring (bicyclic) bond motifs is 2. The Hall–Kier alpha value is -5.38. The van der Waals surface area contributed by atoms with Gasteiger partial charge in [-0.05, 0) is 48.9 Å². The quantitative estimate of drug-likeness (QED) is 0.268. The molecule has 1 aliphatic heterocycles. The lowest BCUT2D eigenvalue weighted by Gasteiger charge is -2.14. The third-order valence-electron chi connectivity index (χ3n) is 7.42. The monoisotopic (exact) mass is 545 g/mol. The smallest absolute Gasteiger partial charge is 0.268 e. The van der Waals surface area contributed by atoms with E-state index in [1.54, 1.807) is 66.8 Å². The van der Waals surface area contributed by atoms with E-state index in [1.165, 1.54) is 17.0 Å². The number of aromatic nitrogens is 6. The van der Waals surface area contributed by atoms with Crippen molar-refractivity contribution < 1.29 is 14.0 Å². The van der Waals surface area contributed by atoms with Crippen molar-refractivity contribution in [3.8, 4) is 0 Å². The Balaban J connectivity index is 1.44. The zero-order valence-electron chi connectivity index (χ0n) is 22.1. The van der Waals surface area contributed by atoms with Crippen LogP contribution in [0.25, 0.3) is 33.1 Å². The molecule has 10 heteroatoms. The van der Waals surface area contributed by atoms with Gasteiger partial charge < -0.3 is 9.13 Å². The van der Waals surface area contributed by atoms with E-state index in [-0.39, 0.29) is 11.1 Å². The third kappa shape index (κ3) is 4.03. The minimum atomic E-state index is -0.488. The summed E-state index contributed by atoms with van der Waals surface area (Å²) in [6, 6.07) is 16.9. The first kappa shape index (κ1) is 24.6. The highest BCUT2D eigenvalue weighted by molar-refractivity contribution is 6.58. The molecule has 0 fully saturated rings. The molecule has 7 rings (SSSR count). The largest absolute Gasteiger partial charge is 0.347 e. The van der Waals surface area contributed by atoms with Crippen LogP contribution in [0.1, 0.15) is 17.7 Å². The van der Waals surface area contributed by atoms with Crippen molar-refractivity contribution in [2.45, 2.75) is 19.5 Å². The van der Waals surface area contributed by atoms with Crippen LogP contribution in [0.3, 0.4) is 0 Å².